The van der Waals surface area contributed by atoms with E-state index in [1.54, 1.807) is 23.4 Å². The third-order valence-corrected chi connectivity index (χ3v) is 6.12. The first kappa shape index (κ1) is 22.3. The van der Waals surface area contributed by atoms with Gasteiger partial charge >= 0.3 is 6.18 Å². The molecule has 0 bridgehead atoms. The second kappa shape index (κ2) is 9.32. The number of aromatic nitrogens is 2. The fourth-order valence-electron chi connectivity index (χ4n) is 4.45. The molecule has 1 N–H and O–H groups in total. The van der Waals surface area contributed by atoms with Crippen LogP contribution in [-0.2, 0) is 12.6 Å². The zero-order valence-corrected chi connectivity index (χ0v) is 18.0. The summed E-state index contributed by atoms with van der Waals surface area (Å²) in [4.78, 5) is 24.1. The van der Waals surface area contributed by atoms with E-state index in [9.17, 15) is 18.0 Å². The molecule has 0 unspecified atom stereocenters. The van der Waals surface area contributed by atoms with Crippen LogP contribution in [0.1, 0.15) is 34.3 Å². The van der Waals surface area contributed by atoms with Gasteiger partial charge in [0.2, 0.25) is 0 Å². The molecule has 2 heterocycles. The minimum absolute atomic E-state index is 0.0254. The molecule has 1 atom stereocenters. The van der Waals surface area contributed by atoms with Crippen LogP contribution in [0.15, 0.2) is 48.8 Å². The van der Waals surface area contributed by atoms with Gasteiger partial charge in [-0.3, -0.25) is 4.79 Å². The van der Waals surface area contributed by atoms with Gasteiger partial charge in [0.25, 0.3) is 5.91 Å². The summed E-state index contributed by atoms with van der Waals surface area (Å²) in [5, 5.41) is 0. The Morgan fingerprint density at radius 1 is 1.25 bits per heavy atom. The van der Waals surface area contributed by atoms with Crippen molar-refractivity contribution in [3.05, 3.63) is 65.5 Å². The van der Waals surface area contributed by atoms with Crippen molar-refractivity contribution in [2.24, 2.45) is 5.92 Å². The Bertz CT molecular complexity index is 1080. The Hall–Kier alpha value is -2.87. The molecule has 1 saturated heterocycles. The third-order valence-electron chi connectivity index (χ3n) is 6.12. The first-order valence-corrected chi connectivity index (χ1v) is 10.9. The summed E-state index contributed by atoms with van der Waals surface area (Å²) >= 11 is 0. The monoisotopic (exact) mass is 444 g/mol. The molecule has 0 radical (unpaired) electrons. The highest BCUT2D eigenvalue weighted by Crippen LogP contribution is 2.29. The molecular formula is C24H27F3N4O. The smallest absolute Gasteiger partial charge is 0.345 e. The maximum absolute atomic E-state index is 12.9. The molecule has 1 fully saturated rings. The number of aromatic amines is 1. The van der Waals surface area contributed by atoms with E-state index in [2.05, 4.69) is 14.9 Å². The summed E-state index contributed by atoms with van der Waals surface area (Å²) < 4.78 is 38.8. The number of halogens is 3. The largest absolute Gasteiger partial charge is 0.416 e. The van der Waals surface area contributed by atoms with Gasteiger partial charge in [-0.1, -0.05) is 18.2 Å². The fraction of sp³-hybridized carbons (Fsp3) is 0.417. The van der Waals surface area contributed by atoms with Crippen LogP contribution >= 0.6 is 0 Å². The van der Waals surface area contributed by atoms with E-state index in [4.69, 9.17) is 0 Å². The third kappa shape index (κ3) is 5.30. The molecule has 32 heavy (non-hydrogen) atoms. The number of H-pyrrole nitrogens is 1. The molecule has 5 nitrogen and oxygen atoms in total. The Labute approximate surface area is 185 Å². The lowest BCUT2D eigenvalue weighted by atomic mass is 9.96. The number of likely N-dealkylation sites (tertiary alicyclic amines) is 1. The number of carbonyl (C=O) groups is 1. The van der Waals surface area contributed by atoms with Crippen LogP contribution in [0.2, 0.25) is 0 Å². The van der Waals surface area contributed by atoms with Crippen molar-refractivity contribution in [1.29, 1.82) is 0 Å². The van der Waals surface area contributed by atoms with Gasteiger partial charge in [0.05, 0.1) is 22.9 Å². The molecule has 1 aromatic heterocycles. The van der Waals surface area contributed by atoms with Crippen LogP contribution in [0, 0.1) is 5.92 Å². The number of piperidine rings is 1. The Morgan fingerprint density at radius 3 is 2.91 bits per heavy atom. The van der Waals surface area contributed by atoms with E-state index in [0.29, 0.717) is 36.6 Å². The SMILES string of the molecule is CN(C[C@H]1CCCN(CCc2cccc(C(F)(F)F)c2)C1)C(=O)c1ccc2nc[nH]c2c1. The molecule has 3 aromatic rings. The highest BCUT2D eigenvalue weighted by molar-refractivity contribution is 5.97. The van der Waals surface area contributed by atoms with Crippen LogP contribution in [0.25, 0.3) is 11.0 Å². The van der Waals surface area contributed by atoms with Gasteiger partial charge < -0.3 is 14.8 Å². The molecule has 1 aliphatic heterocycles. The number of alkyl halides is 3. The van der Waals surface area contributed by atoms with E-state index < -0.39 is 11.7 Å². The lowest BCUT2D eigenvalue weighted by Crippen LogP contribution is -2.42. The van der Waals surface area contributed by atoms with Crippen LogP contribution in [0.3, 0.4) is 0 Å². The van der Waals surface area contributed by atoms with Crippen molar-refractivity contribution in [3.8, 4) is 0 Å². The van der Waals surface area contributed by atoms with Crippen molar-refractivity contribution in [2.45, 2.75) is 25.4 Å². The van der Waals surface area contributed by atoms with Gasteiger partial charge in [0.1, 0.15) is 0 Å². The van der Waals surface area contributed by atoms with Gasteiger partial charge in [-0.25, -0.2) is 4.98 Å². The van der Waals surface area contributed by atoms with Crippen molar-refractivity contribution in [3.63, 3.8) is 0 Å². The Balaban J connectivity index is 1.31. The standard InChI is InChI=1S/C24H27F3N4O/c1-30(23(32)19-7-8-21-22(13-19)29-16-28-21)14-18-5-3-10-31(15-18)11-9-17-4-2-6-20(12-17)24(25,26)27/h2,4,6-8,12-13,16,18H,3,5,9-11,14-15H2,1H3,(H,28,29)/t18-/m1/s1. The van der Waals surface area contributed by atoms with Gasteiger partial charge in [-0.05, 0) is 61.6 Å². The van der Waals surface area contributed by atoms with Crippen molar-refractivity contribution >= 4 is 16.9 Å². The van der Waals surface area contributed by atoms with Crippen molar-refractivity contribution < 1.29 is 18.0 Å². The second-order valence-electron chi connectivity index (χ2n) is 8.58. The summed E-state index contributed by atoms with van der Waals surface area (Å²) in [6.07, 6.45) is -0.0633. The van der Waals surface area contributed by atoms with E-state index in [-0.39, 0.29) is 5.91 Å². The lowest BCUT2D eigenvalue weighted by molar-refractivity contribution is -0.137. The molecule has 4 rings (SSSR count). The maximum Gasteiger partial charge on any atom is 0.416 e. The first-order chi connectivity index (χ1) is 15.3. The zero-order chi connectivity index (χ0) is 22.7. The van der Waals surface area contributed by atoms with Crippen LogP contribution in [-0.4, -0.2) is 58.9 Å². The average molecular weight is 445 g/mol. The van der Waals surface area contributed by atoms with Gasteiger partial charge in [-0.15, -0.1) is 0 Å². The summed E-state index contributed by atoms with van der Waals surface area (Å²) in [5.74, 6) is 0.317. The lowest BCUT2D eigenvalue weighted by Gasteiger charge is -2.34. The van der Waals surface area contributed by atoms with Crippen molar-refractivity contribution in [1.82, 2.24) is 19.8 Å². The summed E-state index contributed by atoms with van der Waals surface area (Å²) in [5.41, 5.74) is 2.39. The Morgan fingerprint density at radius 2 is 2.09 bits per heavy atom. The number of rotatable bonds is 6. The first-order valence-electron chi connectivity index (χ1n) is 10.9. The minimum Gasteiger partial charge on any atom is -0.345 e. The topological polar surface area (TPSA) is 52.2 Å². The average Bonchev–Trinajstić information content (AvgIpc) is 3.25. The normalized spacial score (nSPS) is 17.6. The quantitative estimate of drug-likeness (QED) is 0.604. The molecule has 170 valence electrons. The van der Waals surface area contributed by atoms with E-state index >= 15 is 0 Å². The number of carbonyl (C=O) groups excluding carboxylic acids is 1. The number of hydrogen-bond donors (Lipinski definition) is 1. The number of nitrogens with one attached hydrogen (secondary N) is 1. The van der Waals surface area contributed by atoms with Crippen LogP contribution in [0.5, 0.6) is 0 Å². The molecule has 1 aliphatic rings. The number of benzene rings is 2. The predicted molar refractivity (Wildman–Crippen MR) is 117 cm³/mol. The summed E-state index contributed by atoms with van der Waals surface area (Å²) in [7, 11) is 1.82. The fourth-order valence-corrected chi connectivity index (χ4v) is 4.45. The molecule has 8 heteroatoms. The second-order valence-corrected chi connectivity index (χ2v) is 8.58. The highest BCUT2D eigenvalue weighted by Gasteiger charge is 2.30. The molecule has 0 spiro atoms. The Kier molecular flexibility index (Phi) is 6.50. The van der Waals surface area contributed by atoms with Gasteiger partial charge in [0, 0.05) is 32.2 Å². The number of hydrogen-bond acceptors (Lipinski definition) is 3. The number of fused-ring (bicyclic) bond motifs is 1. The number of imidazole rings is 1. The van der Waals surface area contributed by atoms with E-state index in [0.717, 1.165) is 43.0 Å². The van der Waals surface area contributed by atoms with Crippen LogP contribution < -0.4 is 0 Å². The minimum atomic E-state index is -4.31. The maximum atomic E-state index is 12.9. The molecule has 0 saturated carbocycles. The number of amides is 1. The van der Waals surface area contributed by atoms with Crippen molar-refractivity contribution in [2.75, 3.05) is 33.2 Å². The zero-order valence-electron chi connectivity index (χ0n) is 18.0. The molecule has 2 aromatic carbocycles. The molecule has 0 aliphatic carbocycles. The molecular weight excluding hydrogens is 417 g/mol. The highest BCUT2D eigenvalue weighted by atomic mass is 19.4. The molecule has 1 amide bonds. The van der Waals surface area contributed by atoms with Crippen LogP contribution in [0.4, 0.5) is 13.2 Å². The van der Waals surface area contributed by atoms with E-state index in [1.165, 1.54) is 12.1 Å². The van der Waals surface area contributed by atoms with Gasteiger partial charge in [-0.2, -0.15) is 13.2 Å². The number of nitrogens with zero attached hydrogens (tertiary/aromatic N) is 3. The van der Waals surface area contributed by atoms with Gasteiger partial charge in [0.15, 0.2) is 0 Å². The predicted octanol–water partition coefficient (Wildman–Crippen LogP) is 4.61. The van der Waals surface area contributed by atoms with E-state index in [1.807, 2.05) is 19.2 Å². The summed E-state index contributed by atoms with van der Waals surface area (Å²) in [6, 6.07) is 11.0. The summed E-state index contributed by atoms with van der Waals surface area (Å²) in [6.45, 7) is 3.14.